The number of nitrogens with one attached hydrogen (secondary N) is 1. The Morgan fingerprint density at radius 3 is 3.33 bits per heavy atom. The Morgan fingerprint density at radius 1 is 1.89 bits per heavy atom. The average molecular weight is 144 g/mol. The van der Waals surface area contributed by atoms with Gasteiger partial charge in [0.2, 0.25) is 0 Å². The molecular formula is C5H8N2OS. The molecule has 0 aromatic carbocycles. The average Bonchev–Trinajstić information content (AvgIpc) is 2.34. The maximum absolute atomic E-state index is 4.64. The minimum atomic E-state index is 0.737. The zero-order valence-corrected chi connectivity index (χ0v) is 5.94. The molecule has 1 N–H and O–H groups in total. The molecule has 0 aliphatic carbocycles. The molecule has 1 aromatic rings. The van der Waals surface area contributed by atoms with Crippen molar-refractivity contribution in [2.75, 3.05) is 7.11 Å². The lowest BCUT2D eigenvalue weighted by Crippen LogP contribution is -2.09. The molecule has 0 saturated heterocycles. The van der Waals surface area contributed by atoms with Gasteiger partial charge in [-0.1, -0.05) is 0 Å². The van der Waals surface area contributed by atoms with Gasteiger partial charge in [0.1, 0.15) is 0 Å². The van der Waals surface area contributed by atoms with Crippen LogP contribution in [0.5, 0.6) is 0 Å². The molecule has 0 amide bonds. The van der Waals surface area contributed by atoms with E-state index in [0.29, 0.717) is 0 Å². The van der Waals surface area contributed by atoms with Gasteiger partial charge in [0.15, 0.2) is 0 Å². The lowest BCUT2D eigenvalue weighted by Gasteiger charge is -1.94. The monoisotopic (exact) mass is 144 g/mol. The normalized spacial score (nSPS) is 9.89. The van der Waals surface area contributed by atoms with Crippen molar-refractivity contribution >= 4 is 11.3 Å². The highest BCUT2D eigenvalue weighted by atomic mass is 32.1. The minimum absolute atomic E-state index is 0.737. The standard InChI is InChI=1S/C5H8N2OS/c1-8-7-3-5-2-6-4-9-5/h2,4,7H,3H2,1H3. The summed E-state index contributed by atoms with van der Waals surface area (Å²) in [5.41, 5.74) is 4.52. The Labute approximate surface area is 57.6 Å². The van der Waals surface area contributed by atoms with Crippen molar-refractivity contribution in [2.45, 2.75) is 6.54 Å². The predicted molar refractivity (Wildman–Crippen MR) is 36.0 cm³/mol. The topological polar surface area (TPSA) is 34.1 Å². The summed E-state index contributed by atoms with van der Waals surface area (Å²) in [5, 5.41) is 0. The SMILES string of the molecule is CONCc1cncs1. The number of hydroxylamine groups is 1. The van der Waals surface area contributed by atoms with Gasteiger partial charge in [-0.15, -0.1) is 11.3 Å². The summed E-state index contributed by atoms with van der Waals surface area (Å²) in [7, 11) is 1.60. The van der Waals surface area contributed by atoms with Crippen LogP contribution >= 0.6 is 11.3 Å². The molecule has 3 nitrogen and oxygen atoms in total. The fourth-order valence-corrected chi connectivity index (χ4v) is 0.994. The Balaban J connectivity index is 2.30. The highest BCUT2D eigenvalue weighted by Gasteiger charge is 1.89. The van der Waals surface area contributed by atoms with E-state index in [-0.39, 0.29) is 0 Å². The van der Waals surface area contributed by atoms with E-state index in [0.717, 1.165) is 6.54 Å². The van der Waals surface area contributed by atoms with Gasteiger partial charge >= 0.3 is 0 Å². The van der Waals surface area contributed by atoms with Gasteiger partial charge < -0.3 is 4.84 Å². The van der Waals surface area contributed by atoms with E-state index >= 15 is 0 Å². The van der Waals surface area contributed by atoms with Crippen LogP contribution in [-0.4, -0.2) is 12.1 Å². The largest absolute Gasteiger partial charge is 0.305 e. The van der Waals surface area contributed by atoms with Gasteiger partial charge in [0, 0.05) is 11.1 Å². The van der Waals surface area contributed by atoms with Gasteiger partial charge in [0.25, 0.3) is 0 Å². The van der Waals surface area contributed by atoms with Gasteiger partial charge in [-0.3, -0.25) is 4.98 Å². The van der Waals surface area contributed by atoms with Crippen LogP contribution in [0.25, 0.3) is 0 Å². The van der Waals surface area contributed by atoms with Crippen LogP contribution in [-0.2, 0) is 11.4 Å². The molecule has 1 aromatic heterocycles. The molecule has 0 saturated carbocycles. The van der Waals surface area contributed by atoms with E-state index in [2.05, 4.69) is 15.3 Å². The van der Waals surface area contributed by atoms with Gasteiger partial charge in [-0.05, 0) is 0 Å². The second-order valence-corrected chi connectivity index (χ2v) is 2.46. The number of nitrogens with zero attached hydrogens (tertiary/aromatic N) is 1. The van der Waals surface area contributed by atoms with Crippen LogP contribution in [0, 0.1) is 0 Å². The first-order chi connectivity index (χ1) is 4.43. The third-order valence-electron chi connectivity index (χ3n) is 0.874. The van der Waals surface area contributed by atoms with E-state index in [1.807, 2.05) is 6.20 Å². The molecular weight excluding hydrogens is 136 g/mol. The molecule has 1 heterocycles. The van der Waals surface area contributed by atoms with E-state index < -0.39 is 0 Å². The maximum Gasteiger partial charge on any atom is 0.0794 e. The third-order valence-corrected chi connectivity index (χ3v) is 1.65. The maximum atomic E-state index is 4.64. The predicted octanol–water partition coefficient (Wildman–Crippen LogP) is 0.794. The van der Waals surface area contributed by atoms with Crippen LogP contribution in [0.4, 0.5) is 0 Å². The zero-order chi connectivity index (χ0) is 6.53. The van der Waals surface area contributed by atoms with E-state index in [9.17, 15) is 0 Å². The summed E-state index contributed by atoms with van der Waals surface area (Å²) in [4.78, 5) is 9.72. The second kappa shape index (κ2) is 3.55. The number of hydrogen-bond acceptors (Lipinski definition) is 4. The van der Waals surface area contributed by atoms with E-state index in [1.165, 1.54) is 4.88 Å². The van der Waals surface area contributed by atoms with Crippen molar-refractivity contribution in [1.82, 2.24) is 10.5 Å². The lowest BCUT2D eigenvalue weighted by atomic mass is 10.6. The zero-order valence-electron chi connectivity index (χ0n) is 5.13. The summed E-state index contributed by atoms with van der Waals surface area (Å²) in [6.07, 6.45) is 1.82. The summed E-state index contributed by atoms with van der Waals surface area (Å²) < 4.78 is 0. The molecule has 0 aliphatic rings. The van der Waals surface area contributed by atoms with Crippen LogP contribution in [0.2, 0.25) is 0 Å². The summed E-state index contributed by atoms with van der Waals surface area (Å²) in [6.45, 7) is 0.737. The van der Waals surface area contributed by atoms with Crippen molar-refractivity contribution in [3.8, 4) is 0 Å². The van der Waals surface area contributed by atoms with Crippen LogP contribution in [0.3, 0.4) is 0 Å². The molecule has 0 radical (unpaired) electrons. The van der Waals surface area contributed by atoms with Crippen molar-refractivity contribution in [3.05, 3.63) is 16.6 Å². The number of aromatic nitrogens is 1. The van der Waals surface area contributed by atoms with Gasteiger partial charge in [0.05, 0.1) is 19.2 Å². The third kappa shape index (κ3) is 2.09. The first-order valence-electron chi connectivity index (χ1n) is 2.56. The molecule has 0 fully saturated rings. The van der Waals surface area contributed by atoms with E-state index in [4.69, 9.17) is 0 Å². The molecule has 4 heteroatoms. The summed E-state index contributed by atoms with van der Waals surface area (Å²) in [6, 6.07) is 0. The van der Waals surface area contributed by atoms with Crippen LogP contribution in [0.15, 0.2) is 11.7 Å². The molecule has 0 spiro atoms. The minimum Gasteiger partial charge on any atom is -0.305 e. The van der Waals surface area contributed by atoms with E-state index in [1.54, 1.807) is 24.0 Å². The number of hydrogen-bond donors (Lipinski definition) is 1. The highest BCUT2D eigenvalue weighted by Crippen LogP contribution is 2.03. The fourth-order valence-electron chi connectivity index (χ4n) is 0.473. The van der Waals surface area contributed by atoms with Gasteiger partial charge in [-0.2, -0.15) is 5.48 Å². The number of thiazole rings is 1. The van der Waals surface area contributed by atoms with Crippen LogP contribution in [0.1, 0.15) is 4.88 Å². The Kier molecular flexibility index (Phi) is 2.63. The Bertz CT molecular complexity index is 152. The fraction of sp³-hybridized carbons (Fsp3) is 0.400. The molecule has 1 rings (SSSR count). The van der Waals surface area contributed by atoms with Crippen molar-refractivity contribution in [1.29, 1.82) is 0 Å². The quantitative estimate of drug-likeness (QED) is 0.637. The molecule has 0 aliphatic heterocycles. The molecule has 9 heavy (non-hydrogen) atoms. The Hall–Kier alpha value is -0.450. The summed E-state index contributed by atoms with van der Waals surface area (Å²) >= 11 is 1.61. The molecule has 0 atom stereocenters. The first kappa shape index (κ1) is 6.67. The number of rotatable bonds is 3. The van der Waals surface area contributed by atoms with Crippen molar-refractivity contribution in [2.24, 2.45) is 0 Å². The molecule has 0 bridgehead atoms. The van der Waals surface area contributed by atoms with Crippen molar-refractivity contribution in [3.63, 3.8) is 0 Å². The smallest absolute Gasteiger partial charge is 0.0794 e. The molecule has 0 unspecified atom stereocenters. The molecule has 50 valence electrons. The van der Waals surface area contributed by atoms with Crippen LogP contribution < -0.4 is 5.48 Å². The highest BCUT2D eigenvalue weighted by molar-refractivity contribution is 7.09. The summed E-state index contributed by atoms with van der Waals surface area (Å²) in [5.74, 6) is 0. The van der Waals surface area contributed by atoms with Gasteiger partial charge in [-0.25, -0.2) is 0 Å². The lowest BCUT2D eigenvalue weighted by molar-refractivity contribution is 0.0874. The second-order valence-electron chi connectivity index (χ2n) is 1.49. The first-order valence-corrected chi connectivity index (χ1v) is 3.44. The Morgan fingerprint density at radius 2 is 2.78 bits per heavy atom. The van der Waals surface area contributed by atoms with Crippen molar-refractivity contribution < 1.29 is 4.84 Å².